The zero-order valence-corrected chi connectivity index (χ0v) is 14.3. The number of carbonyl (C=O) groups excluding carboxylic acids is 3. The molecule has 0 atom stereocenters. The molecule has 7 heteroatoms. The van der Waals surface area contributed by atoms with Gasteiger partial charge in [-0.3, -0.25) is 9.59 Å². The van der Waals surface area contributed by atoms with Crippen LogP contribution in [-0.4, -0.2) is 24.3 Å². The normalized spacial score (nSPS) is 10.2. The maximum absolute atomic E-state index is 12.1. The summed E-state index contributed by atoms with van der Waals surface area (Å²) < 4.78 is 5.01. The number of hydrogen-bond acceptors (Lipinski definition) is 5. The van der Waals surface area contributed by atoms with Crippen molar-refractivity contribution in [2.45, 2.75) is 13.5 Å². The molecule has 1 amide bonds. The van der Waals surface area contributed by atoms with Gasteiger partial charge in [-0.25, -0.2) is 4.79 Å². The molecule has 0 aliphatic carbocycles. The van der Waals surface area contributed by atoms with Gasteiger partial charge in [-0.1, -0.05) is 35.9 Å². The molecule has 0 heterocycles. The summed E-state index contributed by atoms with van der Waals surface area (Å²) in [5.41, 5.74) is 7.31. The van der Waals surface area contributed by atoms with Crippen molar-refractivity contribution in [3.05, 3.63) is 64.2 Å². The highest BCUT2D eigenvalue weighted by Gasteiger charge is 2.14. The van der Waals surface area contributed by atoms with Gasteiger partial charge >= 0.3 is 5.97 Å². The number of nitrogens with two attached hydrogens (primary N) is 1. The Hall–Kier alpha value is -2.86. The molecular formula is C18H17ClN2O4. The number of ketones is 1. The van der Waals surface area contributed by atoms with Gasteiger partial charge < -0.3 is 15.8 Å². The molecule has 0 aliphatic heterocycles. The summed E-state index contributed by atoms with van der Waals surface area (Å²) in [6.45, 7) is 1.42. The SMILES string of the molecule is CC(=O)NCc1ccc(C(=O)COC(=O)c2ccc(Cl)cc2N)cc1. The first-order valence-corrected chi connectivity index (χ1v) is 7.83. The van der Waals surface area contributed by atoms with Gasteiger partial charge in [0.1, 0.15) is 0 Å². The maximum Gasteiger partial charge on any atom is 0.340 e. The Morgan fingerprint density at radius 1 is 1.12 bits per heavy atom. The Bertz CT molecular complexity index is 803. The van der Waals surface area contributed by atoms with E-state index < -0.39 is 12.6 Å². The van der Waals surface area contributed by atoms with E-state index in [1.54, 1.807) is 24.3 Å². The summed E-state index contributed by atoms with van der Waals surface area (Å²) in [6.07, 6.45) is 0. The van der Waals surface area contributed by atoms with Crippen LogP contribution in [0.4, 0.5) is 5.69 Å². The van der Waals surface area contributed by atoms with E-state index in [0.29, 0.717) is 17.1 Å². The number of esters is 1. The number of anilines is 1. The van der Waals surface area contributed by atoms with Crippen LogP contribution in [0.2, 0.25) is 5.02 Å². The van der Waals surface area contributed by atoms with Gasteiger partial charge in [0.2, 0.25) is 5.91 Å². The van der Waals surface area contributed by atoms with Gasteiger partial charge in [0, 0.05) is 29.7 Å². The fourth-order valence-electron chi connectivity index (χ4n) is 2.05. The number of nitrogen functional groups attached to an aromatic ring is 1. The van der Waals surface area contributed by atoms with Crippen LogP contribution in [0.15, 0.2) is 42.5 Å². The number of amides is 1. The van der Waals surface area contributed by atoms with E-state index in [1.165, 1.54) is 25.1 Å². The quantitative estimate of drug-likeness (QED) is 0.468. The van der Waals surface area contributed by atoms with Crippen LogP contribution in [0.3, 0.4) is 0 Å². The van der Waals surface area contributed by atoms with Crippen LogP contribution in [-0.2, 0) is 16.1 Å². The van der Waals surface area contributed by atoms with Gasteiger partial charge in [-0.2, -0.15) is 0 Å². The van der Waals surface area contributed by atoms with Crippen molar-refractivity contribution in [2.75, 3.05) is 12.3 Å². The molecule has 6 nitrogen and oxygen atoms in total. The van der Waals surface area contributed by atoms with E-state index >= 15 is 0 Å². The average molecular weight is 361 g/mol. The van der Waals surface area contributed by atoms with E-state index in [2.05, 4.69) is 5.32 Å². The number of halogens is 1. The van der Waals surface area contributed by atoms with Crippen LogP contribution in [0.1, 0.15) is 33.2 Å². The zero-order valence-electron chi connectivity index (χ0n) is 13.5. The van der Waals surface area contributed by atoms with Gasteiger partial charge in [-0.05, 0) is 23.8 Å². The maximum atomic E-state index is 12.1. The van der Waals surface area contributed by atoms with E-state index in [0.717, 1.165) is 5.56 Å². The first-order valence-electron chi connectivity index (χ1n) is 7.45. The first-order chi connectivity index (χ1) is 11.9. The lowest BCUT2D eigenvalue weighted by atomic mass is 10.1. The lowest BCUT2D eigenvalue weighted by Crippen LogP contribution is -2.19. The molecule has 2 aromatic carbocycles. The van der Waals surface area contributed by atoms with Crippen molar-refractivity contribution in [1.29, 1.82) is 0 Å². The highest BCUT2D eigenvalue weighted by atomic mass is 35.5. The van der Waals surface area contributed by atoms with E-state index in [1.807, 2.05) is 0 Å². The second-order valence-corrected chi connectivity index (χ2v) is 5.77. The predicted octanol–water partition coefficient (Wildman–Crippen LogP) is 2.60. The molecule has 3 N–H and O–H groups in total. The average Bonchev–Trinajstić information content (AvgIpc) is 2.58. The fraction of sp³-hybridized carbons (Fsp3) is 0.167. The molecule has 2 rings (SSSR count). The number of nitrogens with one attached hydrogen (secondary N) is 1. The van der Waals surface area contributed by atoms with Gasteiger partial charge in [-0.15, -0.1) is 0 Å². The summed E-state index contributed by atoms with van der Waals surface area (Å²) in [6, 6.07) is 11.1. The molecule has 25 heavy (non-hydrogen) atoms. The number of rotatable bonds is 6. The standard InChI is InChI=1S/C18H17ClN2O4/c1-11(22)21-9-12-2-4-13(5-3-12)17(23)10-25-18(24)15-7-6-14(19)8-16(15)20/h2-8H,9-10,20H2,1H3,(H,21,22). The summed E-state index contributed by atoms with van der Waals surface area (Å²) in [7, 11) is 0. The number of Topliss-reactive ketones (excluding diaryl/α,β-unsaturated/α-hetero) is 1. The summed E-state index contributed by atoms with van der Waals surface area (Å²) in [5.74, 6) is -1.16. The van der Waals surface area contributed by atoms with Crippen LogP contribution in [0.5, 0.6) is 0 Å². The van der Waals surface area contributed by atoms with Crippen LogP contribution < -0.4 is 11.1 Å². The lowest BCUT2D eigenvalue weighted by Gasteiger charge is -2.08. The Balaban J connectivity index is 1.93. The van der Waals surface area contributed by atoms with Crippen molar-refractivity contribution < 1.29 is 19.1 Å². The molecule has 130 valence electrons. The Kier molecular flexibility index (Phi) is 6.14. The molecule has 0 aromatic heterocycles. The second kappa shape index (κ2) is 8.30. The Morgan fingerprint density at radius 2 is 1.80 bits per heavy atom. The third-order valence-electron chi connectivity index (χ3n) is 3.39. The minimum Gasteiger partial charge on any atom is -0.454 e. The number of ether oxygens (including phenoxy) is 1. The summed E-state index contributed by atoms with van der Waals surface area (Å²) in [5, 5.41) is 3.07. The van der Waals surface area contributed by atoms with Crippen LogP contribution in [0.25, 0.3) is 0 Å². The third-order valence-corrected chi connectivity index (χ3v) is 3.62. The smallest absolute Gasteiger partial charge is 0.340 e. The molecule has 0 radical (unpaired) electrons. The van der Waals surface area contributed by atoms with Crippen molar-refractivity contribution in [3.8, 4) is 0 Å². The monoisotopic (exact) mass is 360 g/mol. The summed E-state index contributed by atoms with van der Waals surface area (Å²) >= 11 is 5.77. The van der Waals surface area contributed by atoms with Crippen molar-refractivity contribution >= 4 is 34.9 Å². The molecule has 0 bridgehead atoms. The fourth-order valence-corrected chi connectivity index (χ4v) is 2.23. The van der Waals surface area contributed by atoms with E-state index in [9.17, 15) is 14.4 Å². The van der Waals surface area contributed by atoms with Crippen LogP contribution in [0, 0.1) is 0 Å². The predicted molar refractivity (Wildman–Crippen MR) is 94.4 cm³/mol. The highest BCUT2D eigenvalue weighted by molar-refractivity contribution is 6.31. The van der Waals surface area contributed by atoms with Crippen LogP contribution >= 0.6 is 11.6 Å². The topological polar surface area (TPSA) is 98.5 Å². The third kappa shape index (κ3) is 5.32. The highest BCUT2D eigenvalue weighted by Crippen LogP contribution is 2.19. The number of hydrogen-bond donors (Lipinski definition) is 2. The van der Waals surface area contributed by atoms with Crippen molar-refractivity contribution in [2.24, 2.45) is 0 Å². The Labute approximate surface area is 149 Å². The molecule has 0 unspecified atom stereocenters. The van der Waals surface area contributed by atoms with Gasteiger partial charge in [0.15, 0.2) is 12.4 Å². The van der Waals surface area contributed by atoms with E-state index in [-0.39, 0.29) is 22.9 Å². The first kappa shape index (κ1) is 18.5. The molecular weight excluding hydrogens is 344 g/mol. The van der Waals surface area contributed by atoms with Gasteiger partial charge in [0.05, 0.1) is 5.56 Å². The van der Waals surface area contributed by atoms with Crippen molar-refractivity contribution in [3.63, 3.8) is 0 Å². The molecule has 0 saturated heterocycles. The Morgan fingerprint density at radius 3 is 2.40 bits per heavy atom. The largest absolute Gasteiger partial charge is 0.454 e. The second-order valence-electron chi connectivity index (χ2n) is 5.34. The zero-order chi connectivity index (χ0) is 18.4. The molecule has 2 aromatic rings. The number of benzene rings is 2. The summed E-state index contributed by atoms with van der Waals surface area (Å²) in [4.78, 5) is 34.9. The molecule has 0 fully saturated rings. The molecule has 0 aliphatic rings. The number of carbonyl (C=O) groups is 3. The van der Waals surface area contributed by atoms with Gasteiger partial charge in [0.25, 0.3) is 0 Å². The minimum absolute atomic E-state index is 0.131. The molecule has 0 spiro atoms. The lowest BCUT2D eigenvalue weighted by molar-refractivity contribution is -0.119. The van der Waals surface area contributed by atoms with E-state index in [4.69, 9.17) is 22.1 Å². The molecule has 0 saturated carbocycles. The van der Waals surface area contributed by atoms with Crippen molar-refractivity contribution in [1.82, 2.24) is 5.32 Å². The minimum atomic E-state index is -0.690.